The van der Waals surface area contributed by atoms with Gasteiger partial charge in [0.1, 0.15) is 12.4 Å². The van der Waals surface area contributed by atoms with Crippen molar-refractivity contribution in [1.29, 1.82) is 0 Å². The molecule has 102 valence electrons. The number of hydrogen-bond acceptors (Lipinski definition) is 4. The average molecular weight is 277 g/mol. The average Bonchev–Trinajstić information content (AvgIpc) is 2.85. The van der Waals surface area contributed by atoms with Gasteiger partial charge in [-0.2, -0.15) is 0 Å². The molecule has 1 heterocycles. The summed E-state index contributed by atoms with van der Waals surface area (Å²) in [7, 11) is 0. The van der Waals surface area contributed by atoms with Crippen molar-refractivity contribution in [1.82, 2.24) is 4.98 Å². The fourth-order valence-corrected chi connectivity index (χ4v) is 2.74. The standard InChI is InChI=1S/C15H19NO2S/c1-3-6-15-16-12(10-19-15)9-18-14-8-5-4-7-13(14)11(2)17/h4-5,7-8,10-11,17H,3,6,9H2,1-2H3/t11-/m1/s1. The zero-order chi connectivity index (χ0) is 13.7. The van der Waals surface area contributed by atoms with Gasteiger partial charge in [-0.25, -0.2) is 4.98 Å². The molecule has 0 saturated carbocycles. The molecule has 0 bridgehead atoms. The van der Waals surface area contributed by atoms with Crippen LogP contribution in [-0.4, -0.2) is 10.1 Å². The van der Waals surface area contributed by atoms with Crippen molar-refractivity contribution in [2.45, 2.75) is 39.4 Å². The van der Waals surface area contributed by atoms with Crippen LogP contribution in [-0.2, 0) is 13.0 Å². The Kier molecular flexibility index (Phi) is 4.93. The smallest absolute Gasteiger partial charge is 0.131 e. The molecule has 0 unspecified atom stereocenters. The van der Waals surface area contributed by atoms with Crippen LogP contribution in [0, 0.1) is 0 Å². The molecular weight excluding hydrogens is 258 g/mol. The molecule has 2 aromatic rings. The van der Waals surface area contributed by atoms with Crippen LogP contribution in [0.2, 0.25) is 0 Å². The highest BCUT2D eigenvalue weighted by Crippen LogP contribution is 2.25. The molecule has 0 saturated heterocycles. The summed E-state index contributed by atoms with van der Waals surface area (Å²) < 4.78 is 5.76. The number of hydrogen-bond donors (Lipinski definition) is 1. The lowest BCUT2D eigenvalue weighted by atomic mass is 10.1. The van der Waals surface area contributed by atoms with Gasteiger partial charge in [-0.3, -0.25) is 0 Å². The third-order valence-electron chi connectivity index (χ3n) is 2.81. The van der Waals surface area contributed by atoms with Crippen LogP contribution in [0.15, 0.2) is 29.6 Å². The van der Waals surface area contributed by atoms with Crippen molar-refractivity contribution in [3.05, 3.63) is 45.9 Å². The Bertz CT molecular complexity index is 522. The SMILES string of the molecule is CCCc1nc(COc2ccccc2[C@@H](C)O)cs1. The molecule has 1 aromatic heterocycles. The number of rotatable bonds is 6. The molecule has 0 aliphatic rings. The molecule has 0 amide bonds. The van der Waals surface area contributed by atoms with Gasteiger partial charge in [-0.15, -0.1) is 11.3 Å². The van der Waals surface area contributed by atoms with Gasteiger partial charge in [0.05, 0.1) is 16.8 Å². The van der Waals surface area contributed by atoms with Gasteiger partial charge in [0.15, 0.2) is 0 Å². The number of aryl methyl sites for hydroxylation is 1. The first-order valence-corrected chi connectivity index (χ1v) is 7.41. The highest BCUT2D eigenvalue weighted by Gasteiger charge is 2.09. The van der Waals surface area contributed by atoms with Crippen molar-refractivity contribution in [2.24, 2.45) is 0 Å². The first kappa shape index (κ1) is 14.0. The summed E-state index contributed by atoms with van der Waals surface area (Å²) in [6.45, 7) is 4.34. The molecule has 2 rings (SSSR count). The Hall–Kier alpha value is -1.39. The number of aliphatic hydroxyl groups excluding tert-OH is 1. The predicted octanol–water partition coefficient (Wildman–Crippen LogP) is 3.73. The van der Waals surface area contributed by atoms with Gasteiger partial charge in [0.2, 0.25) is 0 Å². The van der Waals surface area contributed by atoms with E-state index in [1.165, 1.54) is 0 Å². The lowest BCUT2D eigenvalue weighted by Crippen LogP contribution is -2.01. The van der Waals surface area contributed by atoms with E-state index < -0.39 is 6.10 Å². The van der Waals surface area contributed by atoms with Crippen molar-refractivity contribution in [2.75, 3.05) is 0 Å². The summed E-state index contributed by atoms with van der Waals surface area (Å²) >= 11 is 1.68. The fraction of sp³-hybridized carbons (Fsp3) is 0.400. The zero-order valence-electron chi connectivity index (χ0n) is 11.3. The summed E-state index contributed by atoms with van der Waals surface area (Å²) in [6, 6.07) is 7.56. The number of aromatic nitrogens is 1. The Morgan fingerprint density at radius 1 is 1.37 bits per heavy atom. The monoisotopic (exact) mass is 277 g/mol. The lowest BCUT2D eigenvalue weighted by Gasteiger charge is -2.12. The Balaban J connectivity index is 2.01. The van der Waals surface area contributed by atoms with E-state index in [0.717, 1.165) is 34.9 Å². The number of thiazole rings is 1. The molecule has 3 nitrogen and oxygen atoms in total. The van der Waals surface area contributed by atoms with Crippen LogP contribution in [0.4, 0.5) is 0 Å². The van der Waals surface area contributed by atoms with Crippen LogP contribution in [0.3, 0.4) is 0 Å². The van der Waals surface area contributed by atoms with Crippen LogP contribution < -0.4 is 4.74 Å². The molecule has 0 aliphatic heterocycles. The van der Waals surface area contributed by atoms with Gasteiger partial charge in [-0.05, 0) is 25.8 Å². The first-order valence-electron chi connectivity index (χ1n) is 6.53. The highest BCUT2D eigenvalue weighted by atomic mass is 32.1. The summed E-state index contributed by atoms with van der Waals surface area (Å²) in [5.74, 6) is 0.725. The summed E-state index contributed by atoms with van der Waals surface area (Å²) in [5, 5.41) is 12.9. The van der Waals surface area contributed by atoms with Crippen LogP contribution in [0.1, 0.15) is 42.6 Å². The third kappa shape index (κ3) is 3.78. The maximum Gasteiger partial charge on any atom is 0.131 e. The summed E-state index contributed by atoms with van der Waals surface area (Å²) in [4.78, 5) is 4.52. The normalized spacial score (nSPS) is 12.4. The number of ether oxygens (including phenoxy) is 1. The van der Waals surface area contributed by atoms with E-state index in [-0.39, 0.29) is 0 Å². The largest absolute Gasteiger partial charge is 0.487 e. The molecule has 0 aliphatic carbocycles. The summed E-state index contributed by atoms with van der Waals surface area (Å²) in [6.07, 6.45) is 1.61. The van der Waals surface area contributed by atoms with Crippen molar-refractivity contribution in [3.63, 3.8) is 0 Å². The Morgan fingerprint density at radius 2 is 2.16 bits per heavy atom. The number of para-hydroxylation sites is 1. The van der Waals surface area contributed by atoms with E-state index in [1.54, 1.807) is 18.3 Å². The lowest BCUT2D eigenvalue weighted by molar-refractivity contribution is 0.190. The van der Waals surface area contributed by atoms with E-state index in [1.807, 2.05) is 29.6 Å². The van der Waals surface area contributed by atoms with E-state index in [4.69, 9.17) is 4.74 Å². The quantitative estimate of drug-likeness (QED) is 0.875. The number of benzene rings is 1. The van der Waals surface area contributed by atoms with Gasteiger partial charge in [0.25, 0.3) is 0 Å². The second-order valence-corrected chi connectivity index (χ2v) is 5.43. The van der Waals surface area contributed by atoms with Gasteiger partial charge in [0, 0.05) is 10.9 Å². The van der Waals surface area contributed by atoms with Crippen molar-refractivity contribution < 1.29 is 9.84 Å². The summed E-state index contributed by atoms with van der Waals surface area (Å²) in [5.41, 5.74) is 1.76. The minimum Gasteiger partial charge on any atom is -0.487 e. The van der Waals surface area contributed by atoms with E-state index in [9.17, 15) is 5.11 Å². The van der Waals surface area contributed by atoms with E-state index >= 15 is 0 Å². The highest BCUT2D eigenvalue weighted by molar-refractivity contribution is 7.09. The number of aliphatic hydroxyl groups is 1. The van der Waals surface area contributed by atoms with E-state index in [0.29, 0.717) is 6.61 Å². The predicted molar refractivity (Wildman–Crippen MR) is 77.5 cm³/mol. The molecule has 0 spiro atoms. The minimum atomic E-state index is -0.526. The van der Waals surface area contributed by atoms with Gasteiger partial charge in [-0.1, -0.05) is 25.1 Å². The van der Waals surface area contributed by atoms with Crippen molar-refractivity contribution in [3.8, 4) is 5.75 Å². The maximum atomic E-state index is 9.68. The van der Waals surface area contributed by atoms with Crippen LogP contribution >= 0.6 is 11.3 Å². The van der Waals surface area contributed by atoms with Gasteiger partial charge >= 0.3 is 0 Å². The van der Waals surface area contributed by atoms with E-state index in [2.05, 4.69) is 11.9 Å². The van der Waals surface area contributed by atoms with Crippen molar-refractivity contribution >= 4 is 11.3 Å². The molecule has 19 heavy (non-hydrogen) atoms. The topological polar surface area (TPSA) is 42.4 Å². The molecule has 4 heteroatoms. The first-order chi connectivity index (χ1) is 9.20. The van der Waals surface area contributed by atoms with Crippen LogP contribution in [0.5, 0.6) is 5.75 Å². The molecular formula is C15H19NO2S. The molecule has 1 aromatic carbocycles. The molecule has 0 fully saturated rings. The second kappa shape index (κ2) is 6.68. The molecule has 0 radical (unpaired) electrons. The second-order valence-electron chi connectivity index (χ2n) is 4.49. The van der Waals surface area contributed by atoms with Gasteiger partial charge < -0.3 is 9.84 Å². The van der Waals surface area contributed by atoms with Crippen LogP contribution in [0.25, 0.3) is 0 Å². The Labute approximate surface area is 117 Å². The molecule has 1 atom stereocenters. The third-order valence-corrected chi connectivity index (χ3v) is 3.77. The Morgan fingerprint density at radius 3 is 2.89 bits per heavy atom. The minimum absolute atomic E-state index is 0.448. The molecule has 1 N–H and O–H groups in total. The fourth-order valence-electron chi connectivity index (χ4n) is 1.85. The number of nitrogens with zero attached hydrogens (tertiary/aromatic N) is 1. The maximum absolute atomic E-state index is 9.68. The zero-order valence-corrected chi connectivity index (χ0v) is 12.1.